The molecule has 0 spiro atoms. The van der Waals surface area contributed by atoms with E-state index in [0.717, 1.165) is 15.7 Å². The number of hydrogen-bond donors (Lipinski definition) is 1. The van der Waals surface area contributed by atoms with Crippen molar-refractivity contribution in [1.82, 2.24) is 15.1 Å². The van der Waals surface area contributed by atoms with Crippen LogP contribution < -0.4 is 5.32 Å². The van der Waals surface area contributed by atoms with E-state index in [0.29, 0.717) is 23.8 Å². The van der Waals surface area contributed by atoms with Gasteiger partial charge in [0, 0.05) is 29.2 Å². The van der Waals surface area contributed by atoms with E-state index in [1.165, 1.54) is 0 Å². The van der Waals surface area contributed by atoms with Crippen LogP contribution >= 0.6 is 15.9 Å². The van der Waals surface area contributed by atoms with Gasteiger partial charge in [0.1, 0.15) is 5.69 Å². The molecule has 0 saturated heterocycles. The van der Waals surface area contributed by atoms with Gasteiger partial charge in [-0.1, -0.05) is 27.2 Å². The lowest BCUT2D eigenvalue weighted by molar-refractivity contribution is -0.116. The second kappa shape index (κ2) is 7.35. The van der Waals surface area contributed by atoms with Crippen molar-refractivity contribution in [3.05, 3.63) is 58.5 Å². The average molecular weight is 387 g/mol. The fourth-order valence-corrected chi connectivity index (χ4v) is 2.37. The minimum Gasteiger partial charge on any atom is -0.339 e. The fourth-order valence-electron chi connectivity index (χ4n) is 2.12. The molecule has 2 heterocycles. The Balaban J connectivity index is 1.56. The van der Waals surface area contributed by atoms with E-state index in [1.807, 2.05) is 37.3 Å². The molecule has 7 heteroatoms. The fraction of sp³-hybridized carbons (Fsp3) is 0.176. The Morgan fingerprint density at radius 1 is 1.29 bits per heavy atom. The summed E-state index contributed by atoms with van der Waals surface area (Å²) in [5, 5.41) is 6.74. The van der Waals surface area contributed by atoms with Crippen molar-refractivity contribution in [1.29, 1.82) is 0 Å². The van der Waals surface area contributed by atoms with Crippen molar-refractivity contribution in [2.45, 2.75) is 19.8 Å². The number of aryl methyl sites for hydroxylation is 2. The first kappa shape index (κ1) is 16.3. The molecule has 3 aromatic rings. The molecule has 0 fully saturated rings. The quantitative estimate of drug-likeness (QED) is 0.721. The summed E-state index contributed by atoms with van der Waals surface area (Å²) >= 11 is 3.43. The number of anilines is 1. The molecule has 0 aliphatic heterocycles. The van der Waals surface area contributed by atoms with Gasteiger partial charge in [-0.15, -0.1) is 0 Å². The Labute approximate surface area is 147 Å². The van der Waals surface area contributed by atoms with Crippen LogP contribution in [0.5, 0.6) is 0 Å². The second-order valence-corrected chi connectivity index (χ2v) is 6.09. The number of pyridine rings is 1. The minimum atomic E-state index is -0.102. The van der Waals surface area contributed by atoms with E-state index >= 15 is 0 Å². The zero-order valence-electron chi connectivity index (χ0n) is 13.0. The van der Waals surface area contributed by atoms with Crippen LogP contribution in [0.4, 0.5) is 5.69 Å². The third-order valence-corrected chi connectivity index (χ3v) is 4.26. The first-order chi connectivity index (χ1) is 11.6. The summed E-state index contributed by atoms with van der Waals surface area (Å²) in [7, 11) is 0. The van der Waals surface area contributed by atoms with Gasteiger partial charge in [0.25, 0.3) is 0 Å². The minimum absolute atomic E-state index is 0.102. The highest BCUT2D eigenvalue weighted by molar-refractivity contribution is 9.10. The van der Waals surface area contributed by atoms with Gasteiger partial charge in [0.15, 0.2) is 0 Å². The second-order valence-electron chi connectivity index (χ2n) is 5.24. The Morgan fingerprint density at radius 3 is 2.92 bits per heavy atom. The summed E-state index contributed by atoms with van der Waals surface area (Å²) in [6.45, 7) is 1.97. The van der Waals surface area contributed by atoms with Crippen molar-refractivity contribution in [2.75, 3.05) is 5.32 Å². The normalized spacial score (nSPS) is 10.6. The number of rotatable bonds is 5. The number of aromatic nitrogens is 3. The van der Waals surface area contributed by atoms with Gasteiger partial charge in [-0.05, 0) is 42.8 Å². The van der Waals surface area contributed by atoms with Gasteiger partial charge < -0.3 is 9.84 Å². The lowest BCUT2D eigenvalue weighted by atomic mass is 10.2. The maximum atomic E-state index is 12.0. The number of carbonyl (C=O) groups excluding carboxylic acids is 1. The highest BCUT2D eigenvalue weighted by Crippen LogP contribution is 2.20. The highest BCUT2D eigenvalue weighted by atomic mass is 79.9. The van der Waals surface area contributed by atoms with Crippen LogP contribution in [0, 0.1) is 6.92 Å². The molecule has 3 rings (SSSR count). The predicted octanol–water partition coefficient (Wildman–Crippen LogP) is 3.77. The topological polar surface area (TPSA) is 80.9 Å². The standard InChI is InChI=1S/C17H15BrN4O2/c1-11-10-12(5-6-13(11)18)20-15(23)7-8-16-21-17(22-24-16)14-4-2-3-9-19-14/h2-6,9-10H,7-8H2,1H3,(H,20,23). The molecule has 2 aromatic heterocycles. The summed E-state index contributed by atoms with van der Waals surface area (Å²) in [6.07, 6.45) is 2.30. The maximum absolute atomic E-state index is 12.0. The number of nitrogens with one attached hydrogen (secondary N) is 1. The molecule has 0 aliphatic carbocycles. The van der Waals surface area contributed by atoms with Crippen LogP contribution in [0.2, 0.25) is 0 Å². The predicted molar refractivity (Wildman–Crippen MR) is 93.4 cm³/mol. The Kier molecular flexibility index (Phi) is 5.00. The summed E-state index contributed by atoms with van der Waals surface area (Å²) in [5.74, 6) is 0.738. The number of nitrogens with zero attached hydrogens (tertiary/aromatic N) is 3. The molecule has 122 valence electrons. The molecule has 0 bridgehead atoms. The van der Waals surface area contributed by atoms with Crippen LogP contribution in [-0.4, -0.2) is 21.0 Å². The van der Waals surface area contributed by atoms with Gasteiger partial charge in [-0.2, -0.15) is 4.98 Å². The molecular weight excluding hydrogens is 372 g/mol. The van der Waals surface area contributed by atoms with Crippen molar-refractivity contribution >= 4 is 27.5 Å². The van der Waals surface area contributed by atoms with Crippen LogP contribution in [0.15, 0.2) is 51.6 Å². The molecule has 0 aliphatic rings. The van der Waals surface area contributed by atoms with Crippen molar-refractivity contribution in [2.24, 2.45) is 0 Å². The van der Waals surface area contributed by atoms with E-state index in [-0.39, 0.29) is 12.3 Å². The van der Waals surface area contributed by atoms with Gasteiger partial charge in [-0.3, -0.25) is 9.78 Å². The Hall–Kier alpha value is -2.54. The van der Waals surface area contributed by atoms with Gasteiger partial charge in [0.05, 0.1) is 0 Å². The number of carbonyl (C=O) groups is 1. The number of hydrogen-bond acceptors (Lipinski definition) is 5. The van der Waals surface area contributed by atoms with E-state index < -0.39 is 0 Å². The first-order valence-corrected chi connectivity index (χ1v) is 8.21. The number of amides is 1. The molecule has 0 saturated carbocycles. The third kappa shape index (κ3) is 4.05. The van der Waals surface area contributed by atoms with Crippen LogP contribution in [0.1, 0.15) is 17.9 Å². The molecule has 6 nitrogen and oxygen atoms in total. The zero-order chi connectivity index (χ0) is 16.9. The first-order valence-electron chi connectivity index (χ1n) is 7.42. The largest absolute Gasteiger partial charge is 0.339 e. The smallest absolute Gasteiger partial charge is 0.227 e. The van der Waals surface area contributed by atoms with Gasteiger partial charge in [0.2, 0.25) is 17.6 Å². The lowest BCUT2D eigenvalue weighted by Gasteiger charge is -2.06. The molecule has 0 unspecified atom stereocenters. The van der Waals surface area contributed by atoms with Gasteiger partial charge in [-0.25, -0.2) is 0 Å². The van der Waals surface area contributed by atoms with E-state index in [2.05, 4.69) is 36.4 Å². The highest BCUT2D eigenvalue weighted by Gasteiger charge is 2.11. The SMILES string of the molecule is Cc1cc(NC(=O)CCc2nc(-c3ccccn3)no2)ccc1Br. The Morgan fingerprint density at radius 2 is 2.17 bits per heavy atom. The monoisotopic (exact) mass is 386 g/mol. The third-order valence-electron chi connectivity index (χ3n) is 3.37. The summed E-state index contributed by atoms with van der Waals surface area (Å²) < 4.78 is 6.17. The van der Waals surface area contributed by atoms with Crippen LogP contribution in [-0.2, 0) is 11.2 Å². The number of benzene rings is 1. The van der Waals surface area contributed by atoms with E-state index in [1.54, 1.807) is 12.3 Å². The summed E-state index contributed by atoms with van der Waals surface area (Å²) in [6, 6.07) is 11.1. The van der Waals surface area contributed by atoms with Crippen LogP contribution in [0.3, 0.4) is 0 Å². The molecule has 1 aromatic carbocycles. The van der Waals surface area contributed by atoms with E-state index in [9.17, 15) is 4.79 Å². The van der Waals surface area contributed by atoms with Crippen LogP contribution in [0.25, 0.3) is 11.5 Å². The lowest BCUT2D eigenvalue weighted by Crippen LogP contribution is -2.12. The average Bonchev–Trinajstić information content (AvgIpc) is 3.06. The maximum Gasteiger partial charge on any atom is 0.227 e. The molecule has 0 radical (unpaired) electrons. The van der Waals surface area contributed by atoms with Crippen molar-refractivity contribution < 1.29 is 9.32 Å². The summed E-state index contributed by atoms with van der Waals surface area (Å²) in [4.78, 5) is 20.5. The Bertz CT molecular complexity index is 849. The van der Waals surface area contributed by atoms with Crippen molar-refractivity contribution in [3.63, 3.8) is 0 Å². The van der Waals surface area contributed by atoms with Gasteiger partial charge >= 0.3 is 0 Å². The molecule has 1 amide bonds. The molecule has 0 atom stereocenters. The molecule has 24 heavy (non-hydrogen) atoms. The molecule has 1 N–H and O–H groups in total. The van der Waals surface area contributed by atoms with Crippen molar-refractivity contribution in [3.8, 4) is 11.5 Å². The summed E-state index contributed by atoms with van der Waals surface area (Å²) in [5.41, 5.74) is 2.47. The number of halogens is 1. The molecular formula is C17H15BrN4O2. The zero-order valence-corrected chi connectivity index (χ0v) is 14.6. The van der Waals surface area contributed by atoms with E-state index in [4.69, 9.17) is 4.52 Å².